The lowest BCUT2D eigenvalue weighted by molar-refractivity contribution is 0.621. The first kappa shape index (κ1) is 10.2. The monoisotopic (exact) mass is 233 g/mol. The number of nitrogens with one attached hydrogen (secondary N) is 1. The van der Waals surface area contributed by atoms with Crippen molar-refractivity contribution < 1.29 is 4.39 Å². The van der Waals surface area contributed by atoms with Gasteiger partial charge in [-0.15, -0.1) is 0 Å². The second kappa shape index (κ2) is 4.05. The highest BCUT2D eigenvalue weighted by Crippen LogP contribution is 2.31. The van der Waals surface area contributed by atoms with Gasteiger partial charge in [-0.05, 0) is 36.6 Å². The molecule has 14 heavy (non-hydrogen) atoms. The summed E-state index contributed by atoms with van der Waals surface area (Å²) in [5, 5.41) is 3.54. The fourth-order valence-corrected chi connectivity index (χ4v) is 2.08. The van der Waals surface area contributed by atoms with E-state index in [1.54, 1.807) is 6.07 Å². The van der Waals surface area contributed by atoms with E-state index in [1.165, 1.54) is 6.07 Å². The SMILES string of the molecule is Fc1cc(C2CCNC2)cc(Cl)c1Cl. The molecule has 0 radical (unpaired) electrons. The van der Waals surface area contributed by atoms with Crippen molar-refractivity contribution in [2.24, 2.45) is 0 Å². The molecule has 4 heteroatoms. The molecule has 1 fully saturated rings. The zero-order valence-corrected chi connectivity index (χ0v) is 9.00. The molecule has 0 amide bonds. The second-order valence-corrected chi connectivity index (χ2v) is 4.27. The average molecular weight is 234 g/mol. The Morgan fingerprint density at radius 3 is 2.71 bits per heavy atom. The van der Waals surface area contributed by atoms with Gasteiger partial charge in [0, 0.05) is 6.54 Å². The lowest BCUT2D eigenvalue weighted by Crippen LogP contribution is -2.08. The van der Waals surface area contributed by atoms with Gasteiger partial charge >= 0.3 is 0 Å². The van der Waals surface area contributed by atoms with Crippen LogP contribution in [-0.4, -0.2) is 13.1 Å². The van der Waals surface area contributed by atoms with Gasteiger partial charge in [-0.3, -0.25) is 0 Å². The molecular weight excluding hydrogens is 224 g/mol. The lowest BCUT2D eigenvalue weighted by atomic mass is 9.98. The second-order valence-electron chi connectivity index (χ2n) is 3.49. The van der Waals surface area contributed by atoms with Crippen LogP contribution in [0.25, 0.3) is 0 Å². The van der Waals surface area contributed by atoms with Crippen LogP contribution in [0.5, 0.6) is 0 Å². The van der Waals surface area contributed by atoms with Crippen LogP contribution in [-0.2, 0) is 0 Å². The Bertz CT molecular complexity index is 325. The minimum Gasteiger partial charge on any atom is -0.316 e. The standard InChI is InChI=1S/C10H10Cl2FN/c11-8-3-7(4-9(13)10(8)12)6-1-2-14-5-6/h3-4,6,14H,1-2,5H2. The van der Waals surface area contributed by atoms with Crippen LogP contribution in [0.2, 0.25) is 10.0 Å². The van der Waals surface area contributed by atoms with Crippen molar-refractivity contribution in [1.82, 2.24) is 5.32 Å². The topological polar surface area (TPSA) is 12.0 Å². The van der Waals surface area contributed by atoms with Gasteiger partial charge in [0.15, 0.2) is 0 Å². The average Bonchev–Trinajstić information content (AvgIpc) is 2.66. The van der Waals surface area contributed by atoms with Crippen molar-refractivity contribution in [1.29, 1.82) is 0 Å². The zero-order chi connectivity index (χ0) is 10.1. The van der Waals surface area contributed by atoms with Gasteiger partial charge in [0.05, 0.1) is 10.0 Å². The van der Waals surface area contributed by atoms with E-state index in [2.05, 4.69) is 5.32 Å². The van der Waals surface area contributed by atoms with E-state index in [1.807, 2.05) is 0 Å². The molecule has 0 aliphatic carbocycles. The fourth-order valence-electron chi connectivity index (χ4n) is 1.75. The Morgan fingerprint density at radius 1 is 1.36 bits per heavy atom. The summed E-state index contributed by atoms with van der Waals surface area (Å²) < 4.78 is 13.3. The summed E-state index contributed by atoms with van der Waals surface area (Å²) >= 11 is 11.4. The van der Waals surface area contributed by atoms with Gasteiger partial charge in [0.2, 0.25) is 0 Å². The van der Waals surface area contributed by atoms with E-state index in [4.69, 9.17) is 23.2 Å². The highest BCUT2D eigenvalue weighted by atomic mass is 35.5. The Morgan fingerprint density at radius 2 is 2.14 bits per heavy atom. The molecule has 0 bridgehead atoms. The van der Waals surface area contributed by atoms with E-state index < -0.39 is 5.82 Å². The minimum atomic E-state index is -0.430. The Balaban J connectivity index is 2.34. The quantitative estimate of drug-likeness (QED) is 0.735. The van der Waals surface area contributed by atoms with Crippen molar-refractivity contribution in [2.75, 3.05) is 13.1 Å². The van der Waals surface area contributed by atoms with E-state index >= 15 is 0 Å². The molecular formula is C10H10Cl2FN. The first-order valence-corrected chi connectivity index (χ1v) is 5.29. The smallest absolute Gasteiger partial charge is 0.143 e. The number of hydrogen-bond acceptors (Lipinski definition) is 1. The molecule has 1 atom stereocenters. The summed E-state index contributed by atoms with van der Waals surface area (Å²) in [6, 6.07) is 3.23. The summed E-state index contributed by atoms with van der Waals surface area (Å²) in [5.41, 5.74) is 0.932. The van der Waals surface area contributed by atoms with Crippen LogP contribution < -0.4 is 5.32 Å². The van der Waals surface area contributed by atoms with Gasteiger partial charge in [-0.1, -0.05) is 23.2 Å². The van der Waals surface area contributed by atoms with Crippen LogP contribution in [0.15, 0.2) is 12.1 Å². The largest absolute Gasteiger partial charge is 0.316 e. The maximum atomic E-state index is 13.3. The van der Waals surface area contributed by atoms with Gasteiger partial charge < -0.3 is 5.32 Å². The molecule has 1 unspecified atom stereocenters. The zero-order valence-electron chi connectivity index (χ0n) is 7.49. The van der Waals surface area contributed by atoms with Crippen molar-refractivity contribution in [3.8, 4) is 0 Å². The lowest BCUT2D eigenvalue weighted by Gasteiger charge is -2.10. The van der Waals surface area contributed by atoms with Crippen molar-refractivity contribution in [2.45, 2.75) is 12.3 Å². The van der Waals surface area contributed by atoms with Crippen LogP contribution in [0.1, 0.15) is 17.9 Å². The van der Waals surface area contributed by atoms with Crippen molar-refractivity contribution in [3.63, 3.8) is 0 Å². The maximum Gasteiger partial charge on any atom is 0.143 e. The first-order valence-electron chi connectivity index (χ1n) is 4.53. The molecule has 2 rings (SSSR count). The number of rotatable bonds is 1. The molecule has 1 aromatic rings. The summed E-state index contributed by atoms with van der Waals surface area (Å²) in [4.78, 5) is 0. The number of benzene rings is 1. The van der Waals surface area contributed by atoms with Gasteiger partial charge in [-0.2, -0.15) is 0 Å². The van der Waals surface area contributed by atoms with E-state index in [9.17, 15) is 4.39 Å². The van der Waals surface area contributed by atoms with Gasteiger partial charge in [0.25, 0.3) is 0 Å². The highest BCUT2D eigenvalue weighted by Gasteiger charge is 2.19. The summed E-state index contributed by atoms with van der Waals surface area (Å²) in [5.74, 6) is -0.0691. The molecule has 1 nitrogen and oxygen atoms in total. The third-order valence-electron chi connectivity index (χ3n) is 2.54. The number of hydrogen-bond donors (Lipinski definition) is 1. The maximum absolute atomic E-state index is 13.3. The van der Waals surface area contributed by atoms with E-state index in [-0.39, 0.29) is 5.02 Å². The van der Waals surface area contributed by atoms with E-state index in [0.29, 0.717) is 10.9 Å². The molecule has 1 N–H and O–H groups in total. The predicted octanol–water partition coefficient (Wildman–Crippen LogP) is 3.21. The third-order valence-corrected chi connectivity index (χ3v) is 3.32. The third kappa shape index (κ3) is 1.88. The predicted molar refractivity (Wildman–Crippen MR) is 56.6 cm³/mol. The van der Waals surface area contributed by atoms with Gasteiger partial charge in [-0.25, -0.2) is 4.39 Å². The van der Waals surface area contributed by atoms with Gasteiger partial charge in [0.1, 0.15) is 5.82 Å². The van der Waals surface area contributed by atoms with Crippen LogP contribution in [0.4, 0.5) is 4.39 Å². The van der Waals surface area contributed by atoms with Crippen molar-refractivity contribution in [3.05, 3.63) is 33.6 Å². The van der Waals surface area contributed by atoms with Crippen LogP contribution in [0, 0.1) is 5.82 Å². The molecule has 1 aromatic carbocycles. The molecule has 0 aromatic heterocycles. The molecule has 1 aliphatic rings. The summed E-state index contributed by atoms with van der Waals surface area (Å²) in [6.45, 7) is 1.87. The van der Waals surface area contributed by atoms with E-state index in [0.717, 1.165) is 25.1 Å². The fraction of sp³-hybridized carbons (Fsp3) is 0.400. The summed E-state index contributed by atoms with van der Waals surface area (Å²) in [7, 11) is 0. The van der Waals surface area contributed by atoms with Crippen LogP contribution in [0.3, 0.4) is 0 Å². The molecule has 0 saturated carbocycles. The molecule has 1 aliphatic heterocycles. The molecule has 1 saturated heterocycles. The minimum absolute atomic E-state index is 0.0152. The number of halogens is 3. The summed E-state index contributed by atoms with van der Waals surface area (Å²) in [6.07, 6.45) is 1.03. The Hall–Kier alpha value is -0.310. The van der Waals surface area contributed by atoms with Crippen LogP contribution >= 0.6 is 23.2 Å². The molecule has 76 valence electrons. The Labute approximate surface area is 92.2 Å². The first-order chi connectivity index (χ1) is 6.68. The Kier molecular flexibility index (Phi) is 2.96. The highest BCUT2D eigenvalue weighted by molar-refractivity contribution is 6.42. The van der Waals surface area contributed by atoms with Crippen molar-refractivity contribution >= 4 is 23.2 Å². The molecule has 0 spiro atoms. The normalized spacial score (nSPS) is 21.5. The molecule has 1 heterocycles.